The summed E-state index contributed by atoms with van der Waals surface area (Å²) in [6, 6.07) is 12.1. The number of amides is 2. The molecule has 0 saturated carbocycles. The van der Waals surface area contributed by atoms with Crippen LogP contribution in [0.25, 0.3) is 0 Å². The van der Waals surface area contributed by atoms with Gasteiger partial charge >= 0.3 is 11.8 Å². The van der Waals surface area contributed by atoms with Crippen LogP contribution in [0.5, 0.6) is 5.75 Å². The Bertz CT molecular complexity index is 880. The predicted molar refractivity (Wildman–Crippen MR) is 133 cm³/mol. The van der Waals surface area contributed by atoms with Crippen molar-refractivity contribution in [3.05, 3.63) is 46.7 Å². The van der Waals surface area contributed by atoms with Crippen LogP contribution >= 0.6 is 11.3 Å². The van der Waals surface area contributed by atoms with Crippen LogP contribution < -0.4 is 20.3 Å². The number of thiophene rings is 1. The lowest BCUT2D eigenvalue weighted by Crippen LogP contribution is -2.54. The molecule has 8 nitrogen and oxygen atoms in total. The van der Waals surface area contributed by atoms with E-state index >= 15 is 0 Å². The van der Waals surface area contributed by atoms with Gasteiger partial charge in [-0.05, 0) is 56.7 Å². The molecular formula is C24H35N5O3S. The molecule has 1 aliphatic rings. The van der Waals surface area contributed by atoms with Gasteiger partial charge in [-0.2, -0.15) is 0 Å². The highest BCUT2D eigenvalue weighted by Crippen LogP contribution is 2.30. The van der Waals surface area contributed by atoms with E-state index in [1.165, 1.54) is 10.6 Å². The number of likely N-dealkylation sites (N-methyl/N-ethyl adjacent to an activating group) is 1. The lowest BCUT2D eigenvalue weighted by Gasteiger charge is -2.42. The Morgan fingerprint density at radius 3 is 2.36 bits per heavy atom. The number of hydrogen-bond acceptors (Lipinski definition) is 7. The third-order valence-corrected chi connectivity index (χ3v) is 6.81. The summed E-state index contributed by atoms with van der Waals surface area (Å²) >= 11 is 1.68. The summed E-state index contributed by atoms with van der Waals surface area (Å²) in [7, 11) is 5.52. The van der Waals surface area contributed by atoms with Crippen LogP contribution in [0.15, 0.2) is 41.8 Å². The van der Waals surface area contributed by atoms with E-state index in [0.717, 1.165) is 31.9 Å². The Kier molecular flexibility index (Phi) is 9.11. The largest absolute Gasteiger partial charge is 0.497 e. The van der Waals surface area contributed by atoms with Crippen LogP contribution in [-0.2, 0) is 9.59 Å². The number of anilines is 1. The van der Waals surface area contributed by atoms with E-state index in [1.54, 1.807) is 18.4 Å². The number of carbonyl (C=O) groups excluding carboxylic acids is 2. The molecule has 33 heavy (non-hydrogen) atoms. The number of rotatable bonds is 9. The van der Waals surface area contributed by atoms with E-state index in [2.05, 4.69) is 44.0 Å². The molecule has 2 N–H and O–H groups in total. The zero-order valence-corrected chi connectivity index (χ0v) is 20.7. The molecule has 0 radical (unpaired) electrons. The van der Waals surface area contributed by atoms with Crippen molar-refractivity contribution >= 4 is 28.8 Å². The van der Waals surface area contributed by atoms with Crippen molar-refractivity contribution in [3.8, 4) is 5.75 Å². The first-order valence-electron chi connectivity index (χ1n) is 11.3. The van der Waals surface area contributed by atoms with E-state index in [1.807, 2.05) is 44.1 Å². The zero-order chi connectivity index (χ0) is 23.8. The molecule has 0 bridgehead atoms. The predicted octanol–water partition coefficient (Wildman–Crippen LogP) is 1.80. The van der Waals surface area contributed by atoms with Crippen LogP contribution in [0, 0.1) is 0 Å². The minimum absolute atomic E-state index is 0.0153. The summed E-state index contributed by atoms with van der Waals surface area (Å²) in [5.41, 5.74) is 1.18. The average Bonchev–Trinajstić information content (AvgIpc) is 3.33. The van der Waals surface area contributed by atoms with Gasteiger partial charge in [0, 0.05) is 55.9 Å². The molecule has 0 unspecified atom stereocenters. The smallest absolute Gasteiger partial charge is 0.309 e. The number of benzene rings is 1. The Morgan fingerprint density at radius 2 is 1.79 bits per heavy atom. The summed E-state index contributed by atoms with van der Waals surface area (Å²) < 4.78 is 5.26. The standard InChI is InChI=1S/C24H35N5O3S/c1-18(26-24(31)23(30)25-11-12-27(2)3)22(21-6-5-17-33-21)29-15-13-28(14-16-29)19-7-9-20(32-4)10-8-19/h5-10,17-18,22H,11-16H2,1-4H3,(H,25,30)(H,26,31)/t18-,22-/m0/s1. The number of methoxy groups -OCH3 is 1. The molecule has 9 heteroatoms. The fourth-order valence-electron chi connectivity index (χ4n) is 4.08. The molecule has 1 aromatic heterocycles. The molecule has 1 aromatic carbocycles. The second-order valence-corrected chi connectivity index (χ2v) is 9.48. The lowest BCUT2D eigenvalue weighted by atomic mass is 10.0. The number of nitrogens with one attached hydrogen (secondary N) is 2. The van der Waals surface area contributed by atoms with Crippen LogP contribution in [0.1, 0.15) is 17.8 Å². The number of hydrogen-bond donors (Lipinski definition) is 2. The first-order chi connectivity index (χ1) is 15.9. The maximum Gasteiger partial charge on any atom is 0.309 e. The van der Waals surface area contributed by atoms with Crippen molar-refractivity contribution in [2.24, 2.45) is 0 Å². The Balaban J connectivity index is 1.61. The maximum atomic E-state index is 12.5. The maximum absolute atomic E-state index is 12.5. The Labute approximate surface area is 200 Å². The van der Waals surface area contributed by atoms with Crippen molar-refractivity contribution in [1.29, 1.82) is 0 Å². The van der Waals surface area contributed by atoms with Gasteiger partial charge in [-0.15, -0.1) is 11.3 Å². The van der Waals surface area contributed by atoms with Gasteiger partial charge in [0.15, 0.2) is 0 Å². The Hall–Kier alpha value is -2.62. The third kappa shape index (κ3) is 6.93. The summed E-state index contributed by atoms with van der Waals surface area (Å²) in [5.74, 6) is -0.317. The Morgan fingerprint density at radius 1 is 1.09 bits per heavy atom. The molecule has 1 saturated heterocycles. The summed E-state index contributed by atoms with van der Waals surface area (Å²) in [4.78, 5) is 32.6. The minimum atomic E-state index is -0.585. The molecule has 2 amide bonds. The number of piperazine rings is 1. The summed E-state index contributed by atoms with van der Waals surface area (Å²) in [6.45, 7) is 6.61. The molecular weight excluding hydrogens is 438 g/mol. The van der Waals surface area contributed by atoms with Gasteiger partial charge in [0.2, 0.25) is 0 Å². The normalized spacial score (nSPS) is 16.3. The van der Waals surface area contributed by atoms with Crippen molar-refractivity contribution in [2.45, 2.75) is 19.0 Å². The van der Waals surface area contributed by atoms with E-state index < -0.39 is 11.8 Å². The summed E-state index contributed by atoms with van der Waals surface area (Å²) in [5, 5.41) is 7.67. The van der Waals surface area contributed by atoms with Gasteiger partial charge in [-0.3, -0.25) is 14.5 Å². The van der Waals surface area contributed by atoms with Gasteiger partial charge in [0.1, 0.15) is 5.75 Å². The van der Waals surface area contributed by atoms with Gasteiger partial charge < -0.3 is 25.2 Å². The topological polar surface area (TPSA) is 77.1 Å². The van der Waals surface area contributed by atoms with Crippen molar-refractivity contribution in [2.75, 3.05) is 65.4 Å². The highest BCUT2D eigenvalue weighted by molar-refractivity contribution is 7.10. The fraction of sp³-hybridized carbons (Fsp3) is 0.500. The first-order valence-corrected chi connectivity index (χ1v) is 12.2. The number of ether oxygens (including phenoxy) is 1. The minimum Gasteiger partial charge on any atom is -0.497 e. The van der Waals surface area contributed by atoms with Crippen LogP contribution in [-0.4, -0.2) is 88.1 Å². The van der Waals surface area contributed by atoms with E-state index in [0.29, 0.717) is 13.1 Å². The van der Waals surface area contributed by atoms with Crippen LogP contribution in [0.4, 0.5) is 5.69 Å². The van der Waals surface area contributed by atoms with Crippen molar-refractivity contribution in [1.82, 2.24) is 20.4 Å². The van der Waals surface area contributed by atoms with Gasteiger partial charge in [0.05, 0.1) is 13.2 Å². The SMILES string of the molecule is COc1ccc(N2CCN([C@H](c3cccs3)[C@H](C)NC(=O)C(=O)NCCN(C)C)CC2)cc1. The monoisotopic (exact) mass is 473 g/mol. The van der Waals surface area contributed by atoms with Gasteiger partial charge in [0.25, 0.3) is 0 Å². The fourth-order valence-corrected chi connectivity index (χ4v) is 5.04. The molecule has 2 heterocycles. The third-order valence-electron chi connectivity index (χ3n) is 5.86. The second kappa shape index (κ2) is 12.0. The van der Waals surface area contributed by atoms with E-state index in [9.17, 15) is 9.59 Å². The molecule has 1 fully saturated rings. The molecule has 1 aliphatic heterocycles. The van der Waals surface area contributed by atoms with E-state index in [-0.39, 0.29) is 12.1 Å². The zero-order valence-electron chi connectivity index (χ0n) is 19.9. The molecule has 0 spiro atoms. The molecule has 3 rings (SSSR count). The van der Waals surface area contributed by atoms with Crippen molar-refractivity contribution in [3.63, 3.8) is 0 Å². The van der Waals surface area contributed by atoms with Crippen LogP contribution in [0.3, 0.4) is 0 Å². The molecule has 0 aliphatic carbocycles. The quantitative estimate of drug-likeness (QED) is 0.541. The molecule has 180 valence electrons. The average molecular weight is 474 g/mol. The molecule has 2 aromatic rings. The van der Waals surface area contributed by atoms with Gasteiger partial charge in [-0.1, -0.05) is 6.07 Å². The highest BCUT2D eigenvalue weighted by Gasteiger charge is 2.31. The lowest BCUT2D eigenvalue weighted by molar-refractivity contribution is -0.139. The van der Waals surface area contributed by atoms with Gasteiger partial charge in [-0.25, -0.2) is 0 Å². The van der Waals surface area contributed by atoms with Crippen molar-refractivity contribution < 1.29 is 14.3 Å². The molecule has 2 atom stereocenters. The second-order valence-electron chi connectivity index (χ2n) is 8.50. The summed E-state index contributed by atoms with van der Waals surface area (Å²) in [6.07, 6.45) is 0. The number of carbonyl (C=O) groups is 2. The first kappa shape index (κ1) is 25.0. The number of nitrogens with zero attached hydrogens (tertiary/aromatic N) is 3. The van der Waals surface area contributed by atoms with Crippen LogP contribution in [0.2, 0.25) is 0 Å². The highest BCUT2D eigenvalue weighted by atomic mass is 32.1. The van der Waals surface area contributed by atoms with E-state index in [4.69, 9.17) is 4.74 Å².